The molecule has 0 amide bonds. The molecule has 16 heavy (non-hydrogen) atoms. The molecule has 1 aromatic heterocycles. The van der Waals surface area contributed by atoms with Gasteiger partial charge in [-0.05, 0) is 19.3 Å². The lowest BCUT2D eigenvalue weighted by molar-refractivity contribution is 0.165. The Morgan fingerprint density at radius 1 is 1.56 bits per heavy atom. The molecule has 0 aliphatic heterocycles. The number of aliphatic hydroxyl groups is 1. The van der Waals surface area contributed by atoms with Gasteiger partial charge in [-0.25, -0.2) is 4.98 Å². The van der Waals surface area contributed by atoms with E-state index in [9.17, 15) is 5.11 Å². The number of aliphatic hydroxyl groups excluding tert-OH is 1. The Morgan fingerprint density at radius 3 is 2.94 bits per heavy atom. The fraction of sp³-hybridized carbons (Fsp3) is 0.750. The molecule has 1 N–H and O–H groups in total. The maximum atomic E-state index is 9.89. The Bertz CT molecular complexity index is 321. The Hall–Kier alpha value is -0.480. The number of aromatic nitrogens is 1. The van der Waals surface area contributed by atoms with Gasteiger partial charge in [0.2, 0.25) is 0 Å². The van der Waals surface area contributed by atoms with Crippen molar-refractivity contribution < 1.29 is 9.52 Å². The van der Waals surface area contributed by atoms with Crippen LogP contribution in [0, 0.1) is 12.8 Å². The van der Waals surface area contributed by atoms with E-state index in [1.807, 2.05) is 6.92 Å². The Balaban J connectivity index is 1.68. The molecule has 1 unspecified atom stereocenters. The lowest BCUT2D eigenvalue weighted by Crippen LogP contribution is -2.14. The zero-order valence-electron chi connectivity index (χ0n) is 9.69. The molecule has 90 valence electrons. The first-order valence-corrected chi connectivity index (χ1v) is 6.95. The lowest BCUT2D eigenvalue weighted by Gasteiger charge is -2.13. The summed E-state index contributed by atoms with van der Waals surface area (Å²) in [6, 6.07) is 0. The standard InChI is InChI=1S/C12H19NO2S/c1-9-7-15-12(13-9)16-8-11(14)6-10-4-2-3-5-10/h7,10-11,14H,2-6,8H2,1H3. The fourth-order valence-corrected chi connectivity index (χ4v) is 3.06. The van der Waals surface area contributed by atoms with Crippen molar-refractivity contribution in [2.75, 3.05) is 5.75 Å². The van der Waals surface area contributed by atoms with Gasteiger partial charge >= 0.3 is 0 Å². The molecule has 1 aliphatic carbocycles. The molecular weight excluding hydrogens is 222 g/mol. The second kappa shape index (κ2) is 5.73. The van der Waals surface area contributed by atoms with Crippen LogP contribution in [0.1, 0.15) is 37.8 Å². The second-order valence-electron chi connectivity index (χ2n) is 4.61. The smallest absolute Gasteiger partial charge is 0.255 e. The van der Waals surface area contributed by atoms with Crippen molar-refractivity contribution in [2.24, 2.45) is 5.92 Å². The summed E-state index contributed by atoms with van der Waals surface area (Å²) < 4.78 is 5.23. The van der Waals surface area contributed by atoms with Crippen molar-refractivity contribution in [2.45, 2.75) is 50.4 Å². The Morgan fingerprint density at radius 2 is 2.31 bits per heavy atom. The van der Waals surface area contributed by atoms with Crippen LogP contribution in [0.5, 0.6) is 0 Å². The molecule has 1 aliphatic rings. The van der Waals surface area contributed by atoms with E-state index in [4.69, 9.17) is 4.42 Å². The number of oxazole rings is 1. The van der Waals surface area contributed by atoms with E-state index in [1.54, 1.807) is 6.26 Å². The van der Waals surface area contributed by atoms with Crippen LogP contribution in [0.3, 0.4) is 0 Å². The van der Waals surface area contributed by atoms with E-state index in [1.165, 1.54) is 37.4 Å². The summed E-state index contributed by atoms with van der Waals surface area (Å²) in [5, 5.41) is 10.6. The minimum Gasteiger partial charge on any atom is -0.440 e. The fourth-order valence-electron chi connectivity index (χ4n) is 2.27. The molecular formula is C12H19NO2S. The van der Waals surface area contributed by atoms with Crippen molar-refractivity contribution in [3.8, 4) is 0 Å². The van der Waals surface area contributed by atoms with Crippen molar-refractivity contribution >= 4 is 11.8 Å². The molecule has 1 saturated carbocycles. The van der Waals surface area contributed by atoms with Gasteiger partial charge in [-0.3, -0.25) is 0 Å². The predicted octanol–water partition coefficient (Wildman–Crippen LogP) is 3.02. The van der Waals surface area contributed by atoms with E-state index in [2.05, 4.69) is 4.98 Å². The van der Waals surface area contributed by atoms with Gasteiger partial charge in [0.25, 0.3) is 5.22 Å². The monoisotopic (exact) mass is 241 g/mol. The summed E-state index contributed by atoms with van der Waals surface area (Å²) in [5.74, 6) is 1.43. The van der Waals surface area contributed by atoms with Gasteiger partial charge < -0.3 is 9.52 Å². The highest BCUT2D eigenvalue weighted by Gasteiger charge is 2.19. The zero-order chi connectivity index (χ0) is 11.4. The topological polar surface area (TPSA) is 46.3 Å². The first-order valence-electron chi connectivity index (χ1n) is 5.97. The molecule has 0 bridgehead atoms. The van der Waals surface area contributed by atoms with E-state index in [0.29, 0.717) is 11.0 Å². The number of aryl methyl sites for hydroxylation is 1. The lowest BCUT2D eigenvalue weighted by atomic mass is 10.0. The maximum absolute atomic E-state index is 9.89. The summed E-state index contributed by atoms with van der Waals surface area (Å²) in [4.78, 5) is 4.20. The SMILES string of the molecule is Cc1coc(SCC(O)CC2CCCC2)n1. The van der Waals surface area contributed by atoms with Gasteiger partial charge in [0.15, 0.2) is 0 Å². The molecule has 3 nitrogen and oxygen atoms in total. The average Bonchev–Trinajstić information content (AvgIpc) is 2.87. The first kappa shape index (κ1) is 12.0. The highest BCUT2D eigenvalue weighted by Crippen LogP contribution is 2.29. The van der Waals surface area contributed by atoms with E-state index in [0.717, 1.165) is 18.0 Å². The molecule has 1 fully saturated rings. The van der Waals surface area contributed by atoms with Gasteiger partial charge in [-0.2, -0.15) is 0 Å². The molecule has 1 heterocycles. The third kappa shape index (κ3) is 3.52. The van der Waals surface area contributed by atoms with Crippen LogP contribution in [0.4, 0.5) is 0 Å². The molecule has 4 heteroatoms. The summed E-state index contributed by atoms with van der Waals surface area (Å²) in [6.45, 7) is 1.91. The minimum absolute atomic E-state index is 0.222. The van der Waals surface area contributed by atoms with Crippen LogP contribution in [0.25, 0.3) is 0 Å². The van der Waals surface area contributed by atoms with Crippen LogP contribution in [0.2, 0.25) is 0 Å². The summed E-state index contributed by atoms with van der Waals surface area (Å²) >= 11 is 1.50. The molecule has 1 atom stereocenters. The second-order valence-corrected chi connectivity index (χ2v) is 5.58. The largest absolute Gasteiger partial charge is 0.440 e. The number of hydrogen-bond donors (Lipinski definition) is 1. The molecule has 1 aromatic rings. The van der Waals surface area contributed by atoms with Crippen LogP contribution in [-0.4, -0.2) is 21.9 Å². The van der Waals surface area contributed by atoms with Crippen molar-refractivity contribution in [1.82, 2.24) is 4.98 Å². The van der Waals surface area contributed by atoms with Gasteiger partial charge in [-0.1, -0.05) is 37.4 Å². The third-order valence-corrected chi connectivity index (χ3v) is 4.06. The maximum Gasteiger partial charge on any atom is 0.255 e. The highest BCUT2D eigenvalue weighted by molar-refractivity contribution is 7.99. The van der Waals surface area contributed by atoms with E-state index >= 15 is 0 Å². The minimum atomic E-state index is -0.222. The third-order valence-electron chi connectivity index (χ3n) is 3.08. The van der Waals surface area contributed by atoms with Gasteiger partial charge in [0, 0.05) is 5.75 Å². The normalized spacial score (nSPS) is 19.1. The first-order chi connectivity index (χ1) is 7.74. The predicted molar refractivity (Wildman–Crippen MR) is 64.5 cm³/mol. The molecule has 0 radical (unpaired) electrons. The molecule has 2 rings (SSSR count). The van der Waals surface area contributed by atoms with Crippen LogP contribution in [-0.2, 0) is 0 Å². The summed E-state index contributed by atoms with van der Waals surface area (Å²) in [5.41, 5.74) is 0.896. The van der Waals surface area contributed by atoms with Crippen LogP contribution < -0.4 is 0 Å². The average molecular weight is 241 g/mol. The zero-order valence-corrected chi connectivity index (χ0v) is 10.5. The highest BCUT2D eigenvalue weighted by atomic mass is 32.2. The quantitative estimate of drug-likeness (QED) is 0.805. The van der Waals surface area contributed by atoms with Crippen molar-refractivity contribution in [3.63, 3.8) is 0 Å². The van der Waals surface area contributed by atoms with Gasteiger partial charge in [0.1, 0.15) is 6.26 Å². The molecule has 0 saturated heterocycles. The summed E-state index contributed by atoms with van der Waals surface area (Å²) in [6.07, 6.45) is 7.62. The van der Waals surface area contributed by atoms with Crippen molar-refractivity contribution in [1.29, 1.82) is 0 Å². The number of rotatable bonds is 5. The van der Waals surface area contributed by atoms with Gasteiger partial charge in [0.05, 0.1) is 11.8 Å². The molecule has 0 aromatic carbocycles. The van der Waals surface area contributed by atoms with E-state index in [-0.39, 0.29) is 6.10 Å². The number of nitrogens with zero attached hydrogens (tertiary/aromatic N) is 1. The Kier molecular flexibility index (Phi) is 4.29. The van der Waals surface area contributed by atoms with Crippen LogP contribution in [0.15, 0.2) is 15.9 Å². The van der Waals surface area contributed by atoms with Crippen LogP contribution >= 0.6 is 11.8 Å². The van der Waals surface area contributed by atoms with Crippen molar-refractivity contribution in [3.05, 3.63) is 12.0 Å². The number of thioether (sulfide) groups is 1. The number of hydrogen-bond acceptors (Lipinski definition) is 4. The summed E-state index contributed by atoms with van der Waals surface area (Å²) in [7, 11) is 0. The molecule has 0 spiro atoms. The Labute approximate surface area is 101 Å². The van der Waals surface area contributed by atoms with E-state index < -0.39 is 0 Å². The van der Waals surface area contributed by atoms with Gasteiger partial charge in [-0.15, -0.1) is 0 Å².